The van der Waals surface area contributed by atoms with E-state index in [2.05, 4.69) is 9.97 Å². The quantitative estimate of drug-likeness (QED) is 0.943. The van der Waals surface area contributed by atoms with Crippen molar-refractivity contribution in [2.24, 2.45) is 0 Å². The first-order valence-electron chi connectivity index (χ1n) is 5.62. The number of halogens is 3. The van der Waals surface area contributed by atoms with Crippen molar-refractivity contribution in [2.75, 3.05) is 6.54 Å². The first-order valence-corrected chi connectivity index (χ1v) is 6.50. The molecule has 2 aromatic heterocycles. The Morgan fingerprint density at radius 1 is 1.40 bits per heavy atom. The van der Waals surface area contributed by atoms with Crippen LogP contribution in [0.5, 0.6) is 0 Å². The summed E-state index contributed by atoms with van der Waals surface area (Å²) >= 11 is 1.31. The van der Waals surface area contributed by atoms with Crippen LogP contribution in [-0.4, -0.2) is 28.6 Å². The molecule has 1 amide bonds. The number of thiazole rings is 1. The highest BCUT2D eigenvalue weighted by Crippen LogP contribution is 2.22. The zero-order valence-corrected chi connectivity index (χ0v) is 11.0. The van der Waals surface area contributed by atoms with Gasteiger partial charge in [0, 0.05) is 23.3 Å². The van der Waals surface area contributed by atoms with Crippen LogP contribution < -0.4 is 5.32 Å². The van der Waals surface area contributed by atoms with E-state index in [0.29, 0.717) is 10.7 Å². The molecular weight excluding hydrogens is 291 g/mol. The lowest BCUT2D eigenvalue weighted by Crippen LogP contribution is -2.34. The van der Waals surface area contributed by atoms with Gasteiger partial charge in [-0.15, -0.1) is 11.3 Å². The molecule has 0 saturated heterocycles. The van der Waals surface area contributed by atoms with Gasteiger partial charge in [-0.3, -0.25) is 9.78 Å². The fourth-order valence-electron chi connectivity index (χ4n) is 1.44. The van der Waals surface area contributed by atoms with Crippen molar-refractivity contribution in [3.8, 4) is 10.6 Å². The summed E-state index contributed by atoms with van der Waals surface area (Å²) in [5, 5.41) is 4.13. The fraction of sp³-hybridized carbons (Fsp3) is 0.250. The predicted molar refractivity (Wildman–Crippen MR) is 68.1 cm³/mol. The standard InChI is InChI=1S/C12H10F3N3OS/c13-12(14,15)7-17-10(19)4-9-6-20-11(18-9)8-2-1-3-16-5-8/h1-3,5-6H,4,7H2,(H,17,19). The molecule has 0 unspecified atom stereocenters. The third kappa shape index (κ3) is 4.30. The minimum atomic E-state index is -4.40. The van der Waals surface area contributed by atoms with E-state index in [9.17, 15) is 18.0 Å². The van der Waals surface area contributed by atoms with Crippen molar-refractivity contribution < 1.29 is 18.0 Å². The zero-order chi connectivity index (χ0) is 14.6. The Balaban J connectivity index is 1.95. The van der Waals surface area contributed by atoms with Gasteiger partial charge >= 0.3 is 6.18 Å². The number of pyridine rings is 1. The van der Waals surface area contributed by atoms with Gasteiger partial charge < -0.3 is 5.32 Å². The average Bonchev–Trinajstić information content (AvgIpc) is 2.85. The van der Waals surface area contributed by atoms with Gasteiger partial charge in [0.05, 0.1) is 12.1 Å². The molecule has 2 rings (SSSR count). The van der Waals surface area contributed by atoms with Crippen molar-refractivity contribution in [2.45, 2.75) is 12.6 Å². The zero-order valence-electron chi connectivity index (χ0n) is 10.1. The van der Waals surface area contributed by atoms with Crippen LogP contribution in [-0.2, 0) is 11.2 Å². The molecule has 4 nitrogen and oxygen atoms in total. The summed E-state index contributed by atoms with van der Waals surface area (Å²) in [7, 11) is 0. The SMILES string of the molecule is O=C(Cc1csc(-c2cccnc2)n1)NCC(F)(F)F. The van der Waals surface area contributed by atoms with Crippen molar-refractivity contribution in [3.63, 3.8) is 0 Å². The number of amides is 1. The molecule has 0 spiro atoms. The molecule has 106 valence electrons. The molecule has 20 heavy (non-hydrogen) atoms. The van der Waals surface area contributed by atoms with Gasteiger partial charge in [0.1, 0.15) is 11.6 Å². The number of alkyl halides is 3. The number of carbonyl (C=O) groups excluding carboxylic acids is 1. The second-order valence-corrected chi connectivity index (χ2v) is 4.81. The minimum Gasteiger partial charge on any atom is -0.347 e. The number of nitrogens with zero attached hydrogens (tertiary/aromatic N) is 2. The van der Waals surface area contributed by atoms with Gasteiger partial charge in [-0.25, -0.2) is 4.98 Å². The summed E-state index contributed by atoms with van der Waals surface area (Å²) < 4.78 is 35.8. The second kappa shape index (κ2) is 6.00. The number of carbonyl (C=O) groups is 1. The molecule has 0 fully saturated rings. The molecule has 2 aromatic rings. The number of aromatic nitrogens is 2. The highest BCUT2D eigenvalue weighted by Gasteiger charge is 2.27. The molecular formula is C12H10F3N3OS. The molecule has 0 aliphatic heterocycles. The van der Waals surface area contributed by atoms with Gasteiger partial charge in [0.25, 0.3) is 0 Å². The number of nitrogens with one attached hydrogen (secondary N) is 1. The van der Waals surface area contributed by atoms with Crippen molar-refractivity contribution in [1.82, 2.24) is 15.3 Å². The van der Waals surface area contributed by atoms with E-state index in [0.717, 1.165) is 5.56 Å². The third-order valence-corrected chi connectivity index (χ3v) is 3.23. The summed E-state index contributed by atoms with van der Waals surface area (Å²) in [5.41, 5.74) is 1.24. The van der Waals surface area contributed by atoms with Crippen LogP contribution in [0.25, 0.3) is 10.6 Å². The van der Waals surface area contributed by atoms with E-state index in [1.165, 1.54) is 11.3 Å². The van der Waals surface area contributed by atoms with Crippen molar-refractivity contribution in [3.05, 3.63) is 35.6 Å². The molecule has 0 aliphatic carbocycles. The maximum atomic E-state index is 11.9. The molecule has 0 aromatic carbocycles. The van der Waals surface area contributed by atoms with E-state index in [4.69, 9.17) is 0 Å². The van der Waals surface area contributed by atoms with Crippen LogP contribution in [0.15, 0.2) is 29.9 Å². The van der Waals surface area contributed by atoms with Crippen LogP contribution in [0.1, 0.15) is 5.69 Å². The van der Waals surface area contributed by atoms with E-state index in [1.807, 2.05) is 11.4 Å². The van der Waals surface area contributed by atoms with Gasteiger partial charge in [-0.2, -0.15) is 13.2 Å². The highest BCUT2D eigenvalue weighted by atomic mass is 32.1. The lowest BCUT2D eigenvalue weighted by atomic mass is 10.3. The first-order chi connectivity index (χ1) is 9.44. The maximum Gasteiger partial charge on any atom is 0.405 e. The summed E-state index contributed by atoms with van der Waals surface area (Å²) in [4.78, 5) is 19.5. The Labute approximate surface area is 116 Å². The van der Waals surface area contributed by atoms with Gasteiger partial charge in [0.2, 0.25) is 5.91 Å². The fourth-order valence-corrected chi connectivity index (χ4v) is 2.25. The van der Waals surface area contributed by atoms with Crippen molar-refractivity contribution in [1.29, 1.82) is 0 Å². The molecule has 0 bridgehead atoms. The number of hydrogen-bond donors (Lipinski definition) is 1. The van der Waals surface area contributed by atoms with Crippen LogP contribution in [0.3, 0.4) is 0 Å². The second-order valence-electron chi connectivity index (χ2n) is 3.95. The van der Waals surface area contributed by atoms with E-state index in [-0.39, 0.29) is 6.42 Å². The summed E-state index contributed by atoms with van der Waals surface area (Å²) in [6.45, 7) is -1.33. The van der Waals surface area contributed by atoms with Gasteiger partial charge in [-0.1, -0.05) is 0 Å². The molecule has 0 saturated carbocycles. The Bertz CT molecular complexity index is 583. The Morgan fingerprint density at radius 2 is 2.20 bits per heavy atom. The summed E-state index contributed by atoms with van der Waals surface area (Å²) in [5.74, 6) is -0.703. The average molecular weight is 301 g/mol. The van der Waals surface area contributed by atoms with Crippen LogP contribution in [0.4, 0.5) is 13.2 Å². The van der Waals surface area contributed by atoms with Crippen LogP contribution in [0, 0.1) is 0 Å². The summed E-state index contributed by atoms with van der Waals surface area (Å²) in [6.07, 6.45) is -1.32. The smallest absolute Gasteiger partial charge is 0.347 e. The molecule has 0 radical (unpaired) electrons. The Kier molecular flexibility index (Phi) is 4.33. The monoisotopic (exact) mass is 301 g/mol. The molecule has 8 heteroatoms. The maximum absolute atomic E-state index is 11.9. The minimum absolute atomic E-state index is 0.174. The lowest BCUT2D eigenvalue weighted by molar-refractivity contribution is -0.138. The summed E-state index contributed by atoms with van der Waals surface area (Å²) in [6, 6.07) is 3.58. The van der Waals surface area contributed by atoms with Gasteiger partial charge in [0.15, 0.2) is 0 Å². The first kappa shape index (κ1) is 14.4. The highest BCUT2D eigenvalue weighted by molar-refractivity contribution is 7.13. The largest absolute Gasteiger partial charge is 0.405 e. The number of hydrogen-bond acceptors (Lipinski definition) is 4. The van der Waals surface area contributed by atoms with Crippen LogP contribution in [0.2, 0.25) is 0 Å². The van der Waals surface area contributed by atoms with Gasteiger partial charge in [-0.05, 0) is 12.1 Å². The molecule has 0 atom stereocenters. The van der Waals surface area contributed by atoms with E-state index in [1.54, 1.807) is 23.8 Å². The molecule has 2 heterocycles. The van der Waals surface area contributed by atoms with E-state index >= 15 is 0 Å². The normalized spacial score (nSPS) is 11.3. The number of rotatable bonds is 4. The Hall–Kier alpha value is -1.96. The Morgan fingerprint density at radius 3 is 2.85 bits per heavy atom. The topological polar surface area (TPSA) is 54.9 Å². The predicted octanol–water partition coefficient (Wildman–Crippen LogP) is 2.43. The van der Waals surface area contributed by atoms with Crippen molar-refractivity contribution >= 4 is 17.2 Å². The van der Waals surface area contributed by atoms with Crippen LogP contribution >= 0.6 is 11.3 Å². The lowest BCUT2D eigenvalue weighted by Gasteiger charge is -2.07. The molecule has 1 N–H and O–H groups in total. The third-order valence-electron chi connectivity index (χ3n) is 2.29. The van der Waals surface area contributed by atoms with E-state index < -0.39 is 18.6 Å². The molecule has 0 aliphatic rings.